The van der Waals surface area contributed by atoms with Gasteiger partial charge in [0.2, 0.25) is 0 Å². The van der Waals surface area contributed by atoms with E-state index in [2.05, 4.69) is 12.3 Å². The van der Waals surface area contributed by atoms with Gasteiger partial charge in [-0.15, -0.1) is 0 Å². The molecule has 0 aromatic heterocycles. The Morgan fingerprint density at radius 3 is 2.70 bits per heavy atom. The Morgan fingerprint density at radius 2 is 2.20 bits per heavy atom. The topological polar surface area (TPSA) is 23.1 Å². The maximum absolute atomic E-state index is 10.8. The van der Waals surface area contributed by atoms with Gasteiger partial charge in [0.25, 0.3) is 0 Å². The summed E-state index contributed by atoms with van der Waals surface area (Å²) in [5, 5.41) is 0. The molecule has 0 aromatic carbocycles. The summed E-state index contributed by atoms with van der Waals surface area (Å²) < 4.78 is 10.8. The van der Waals surface area contributed by atoms with Gasteiger partial charge in [-0.1, -0.05) is 17.3 Å². The summed E-state index contributed by atoms with van der Waals surface area (Å²) in [5.74, 6) is 2.52. The summed E-state index contributed by atoms with van der Waals surface area (Å²) in [4.78, 5) is 0. The zero-order valence-electron chi connectivity index (χ0n) is 6.50. The molecule has 0 bridgehead atoms. The van der Waals surface area contributed by atoms with Crippen molar-refractivity contribution in [3.05, 3.63) is 12.2 Å². The van der Waals surface area contributed by atoms with E-state index in [1.807, 2.05) is 13.0 Å². The molecule has 1 nitrogen and oxygen atoms in total. The molecular weight excluding hydrogens is 164 g/mol. The second-order valence-electron chi connectivity index (χ2n) is 1.82. The van der Waals surface area contributed by atoms with Gasteiger partial charge in [-0.25, -0.2) is 0 Å². The van der Waals surface area contributed by atoms with Crippen LogP contribution in [0.15, 0.2) is 12.2 Å². The van der Waals surface area contributed by atoms with Gasteiger partial charge in [-0.3, -0.25) is 0 Å². The molecule has 0 rings (SSSR count). The molecule has 3 heteroatoms. The quantitative estimate of drug-likeness (QED) is 0.472. The molecule has 10 heavy (non-hydrogen) atoms. The van der Waals surface area contributed by atoms with Crippen LogP contribution in [0.25, 0.3) is 0 Å². The second kappa shape index (κ2) is 7.51. The molecule has 0 amide bonds. The van der Waals surface area contributed by atoms with Gasteiger partial charge in [-0.2, -0.15) is 11.8 Å². The molecule has 0 aliphatic carbocycles. The molecule has 0 saturated carbocycles. The molecule has 0 fully saturated rings. The van der Waals surface area contributed by atoms with Gasteiger partial charge in [0.1, 0.15) is 11.5 Å². The average Bonchev–Trinajstić information content (AvgIpc) is 1.98. The summed E-state index contributed by atoms with van der Waals surface area (Å²) in [6.07, 6.45) is 6.12. The molecule has 1 unspecified atom stereocenters. The SMILES string of the molecule is CC[S+]([O-])C/C=C/CSC. The Kier molecular flexibility index (Phi) is 7.81. The molecule has 0 N–H and O–H groups in total. The van der Waals surface area contributed by atoms with Crippen molar-refractivity contribution in [1.29, 1.82) is 0 Å². The molecule has 0 aromatic rings. The maximum Gasteiger partial charge on any atom is 0.123 e. The van der Waals surface area contributed by atoms with E-state index < -0.39 is 11.2 Å². The Balaban J connectivity index is 3.16. The van der Waals surface area contributed by atoms with Crippen LogP contribution in [0.5, 0.6) is 0 Å². The minimum Gasteiger partial charge on any atom is -0.616 e. The van der Waals surface area contributed by atoms with Gasteiger partial charge < -0.3 is 4.55 Å². The lowest BCUT2D eigenvalue weighted by Crippen LogP contribution is -2.06. The fourth-order valence-corrected chi connectivity index (χ4v) is 1.37. The van der Waals surface area contributed by atoms with E-state index in [9.17, 15) is 4.55 Å². The molecule has 0 saturated heterocycles. The van der Waals surface area contributed by atoms with Crippen LogP contribution < -0.4 is 0 Å². The first-order valence-electron chi connectivity index (χ1n) is 3.30. The summed E-state index contributed by atoms with van der Waals surface area (Å²) in [5.41, 5.74) is 0. The molecule has 0 aliphatic heterocycles. The van der Waals surface area contributed by atoms with Crippen molar-refractivity contribution in [3.8, 4) is 0 Å². The smallest absolute Gasteiger partial charge is 0.123 e. The van der Waals surface area contributed by atoms with Crippen molar-refractivity contribution in [2.45, 2.75) is 6.92 Å². The molecule has 0 spiro atoms. The van der Waals surface area contributed by atoms with Gasteiger partial charge in [0.05, 0.1) is 0 Å². The predicted octanol–water partition coefficient (Wildman–Crippen LogP) is 1.67. The predicted molar refractivity (Wildman–Crippen MR) is 51.1 cm³/mol. The molecule has 1 atom stereocenters. The highest BCUT2D eigenvalue weighted by Gasteiger charge is 1.94. The Labute approximate surface area is 70.5 Å². The third kappa shape index (κ3) is 6.52. The normalized spacial score (nSPS) is 14.3. The van der Waals surface area contributed by atoms with Gasteiger partial charge >= 0.3 is 0 Å². The summed E-state index contributed by atoms with van der Waals surface area (Å²) in [6.45, 7) is 1.94. The minimum atomic E-state index is -0.627. The van der Waals surface area contributed by atoms with Crippen LogP contribution in [-0.2, 0) is 11.2 Å². The third-order valence-corrected chi connectivity index (χ3v) is 2.77. The van der Waals surface area contributed by atoms with Crippen molar-refractivity contribution < 1.29 is 4.55 Å². The average molecular weight is 178 g/mol. The largest absolute Gasteiger partial charge is 0.616 e. The molecular formula is C7H14OS2. The number of hydrogen-bond donors (Lipinski definition) is 0. The fraction of sp³-hybridized carbons (Fsp3) is 0.714. The first-order valence-corrected chi connectivity index (χ1v) is 6.18. The maximum atomic E-state index is 10.8. The lowest BCUT2D eigenvalue weighted by molar-refractivity contribution is 0.599. The molecule has 0 radical (unpaired) electrons. The zero-order chi connectivity index (χ0) is 7.82. The molecule has 60 valence electrons. The summed E-state index contributed by atoms with van der Waals surface area (Å²) in [6, 6.07) is 0. The zero-order valence-corrected chi connectivity index (χ0v) is 8.13. The molecule has 0 aliphatic rings. The number of hydrogen-bond acceptors (Lipinski definition) is 2. The van der Waals surface area contributed by atoms with Gasteiger partial charge in [-0.05, 0) is 19.3 Å². The lowest BCUT2D eigenvalue weighted by Gasteiger charge is -2.03. The van der Waals surface area contributed by atoms with Crippen LogP contribution in [0.3, 0.4) is 0 Å². The van der Waals surface area contributed by atoms with E-state index in [0.29, 0.717) is 0 Å². The van der Waals surface area contributed by atoms with Gasteiger partial charge in [0, 0.05) is 5.75 Å². The van der Waals surface area contributed by atoms with Crippen molar-refractivity contribution in [1.82, 2.24) is 0 Å². The number of rotatable bonds is 5. The van der Waals surface area contributed by atoms with Crippen LogP contribution in [-0.4, -0.2) is 28.1 Å². The first kappa shape index (κ1) is 10.4. The van der Waals surface area contributed by atoms with Crippen molar-refractivity contribution in [3.63, 3.8) is 0 Å². The van der Waals surface area contributed by atoms with Crippen LogP contribution in [0.4, 0.5) is 0 Å². The highest BCUT2D eigenvalue weighted by atomic mass is 32.2. The summed E-state index contributed by atoms with van der Waals surface area (Å²) in [7, 11) is 0. The lowest BCUT2D eigenvalue weighted by atomic mass is 10.6. The fourth-order valence-electron chi connectivity index (χ4n) is 0.457. The van der Waals surface area contributed by atoms with Crippen molar-refractivity contribution in [2.24, 2.45) is 0 Å². The Bertz CT molecular complexity index is 93.6. The van der Waals surface area contributed by atoms with Crippen LogP contribution >= 0.6 is 11.8 Å². The van der Waals surface area contributed by atoms with Crippen LogP contribution in [0.2, 0.25) is 0 Å². The second-order valence-corrected chi connectivity index (χ2v) is 4.52. The van der Waals surface area contributed by atoms with E-state index in [-0.39, 0.29) is 0 Å². The molecule has 0 heterocycles. The van der Waals surface area contributed by atoms with Crippen LogP contribution in [0.1, 0.15) is 6.92 Å². The highest BCUT2D eigenvalue weighted by Crippen LogP contribution is 1.94. The Morgan fingerprint density at radius 1 is 1.50 bits per heavy atom. The van der Waals surface area contributed by atoms with E-state index in [1.54, 1.807) is 11.8 Å². The highest BCUT2D eigenvalue weighted by molar-refractivity contribution is 7.98. The van der Waals surface area contributed by atoms with E-state index in [1.165, 1.54) is 0 Å². The monoisotopic (exact) mass is 178 g/mol. The van der Waals surface area contributed by atoms with E-state index in [0.717, 1.165) is 17.3 Å². The third-order valence-electron chi connectivity index (χ3n) is 1.03. The standard InChI is InChI=1S/C7H14OS2/c1-3-10(8)7-5-4-6-9-2/h4-5H,3,6-7H2,1-2H3/b5-4+. The van der Waals surface area contributed by atoms with Crippen LogP contribution in [0, 0.1) is 0 Å². The van der Waals surface area contributed by atoms with Gasteiger partial charge in [0.15, 0.2) is 0 Å². The minimum absolute atomic E-state index is 0.627. The summed E-state index contributed by atoms with van der Waals surface area (Å²) >= 11 is 1.15. The van der Waals surface area contributed by atoms with E-state index >= 15 is 0 Å². The van der Waals surface area contributed by atoms with E-state index in [4.69, 9.17) is 0 Å². The first-order chi connectivity index (χ1) is 4.81. The number of thioether (sulfide) groups is 1. The van der Waals surface area contributed by atoms with Crippen molar-refractivity contribution >= 4 is 22.9 Å². The van der Waals surface area contributed by atoms with Crippen molar-refractivity contribution in [2.75, 3.05) is 23.5 Å². The Hall–Kier alpha value is 0.400.